The number of rotatable bonds is 6. The molecule has 1 aliphatic heterocycles. The summed E-state index contributed by atoms with van der Waals surface area (Å²) in [7, 11) is 3.05. The van der Waals surface area contributed by atoms with E-state index in [-0.39, 0.29) is 5.91 Å². The number of alkyl halides is 3. The minimum absolute atomic E-state index is 0.185. The van der Waals surface area contributed by atoms with Crippen LogP contribution in [0.2, 0.25) is 0 Å². The SMILES string of the molecule is COc1cc2c(cc1OC)[C@H](c1cccc(C(F)(F)F)c1)N(C(=O)C(c1ccccc1)c1ccccc1)CC2. The monoisotopic (exact) mass is 531 g/mol. The minimum Gasteiger partial charge on any atom is -0.493 e. The number of fused-ring (bicyclic) bond motifs is 1. The number of methoxy groups -OCH3 is 2. The van der Waals surface area contributed by atoms with E-state index in [2.05, 4.69) is 0 Å². The normalized spacial score (nSPS) is 15.1. The van der Waals surface area contributed by atoms with Crippen LogP contribution in [0.4, 0.5) is 13.2 Å². The Bertz CT molecular complexity index is 1420. The molecule has 1 atom stereocenters. The van der Waals surface area contributed by atoms with Crippen molar-refractivity contribution in [3.05, 3.63) is 130 Å². The second-order valence-electron chi connectivity index (χ2n) is 9.47. The highest BCUT2D eigenvalue weighted by molar-refractivity contribution is 5.88. The second-order valence-corrected chi connectivity index (χ2v) is 9.47. The van der Waals surface area contributed by atoms with Gasteiger partial charge < -0.3 is 14.4 Å². The second kappa shape index (κ2) is 10.8. The van der Waals surface area contributed by atoms with Crippen LogP contribution in [-0.4, -0.2) is 31.6 Å². The van der Waals surface area contributed by atoms with E-state index in [0.717, 1.165) is 28.8 Å². The molecule has 0 aromatic heterocycles. The maximum Gasteiger partial charge on any atom is 0.416 e. The predicted octanol–water partition coefficient (Wildman–Crippen LogP) is 7.03. The van der Waals surface area contributed by atoms with Crippen LogP contribution in [0.15, 0.2) is 97.1 Å². The Hall–Kier alpha value is -4.26. The maximum atomic E-state index is 14.5. The molecule has 0 bridgehead atoms. The number of nitrogens with zero attached hydrogens (tertiary/aromatic N) is 1. The van der Waals surface area contributed by atoms with Crippen LogP contribution in [-0.2, 0) is 17.4 Å². The summed E-state index contributed by atoms with van der Waals surface area (Å²) in [5, 5.41) is 0. The van der Waals surface area contributed by atoms with Gasteiger partial charge in [-0.2, -0.15) is 13.2 Å². The zero-order valence-electron chi connectivity index (χ0n) is 21.6. The lowest BCUT2D eigenvalue weighted by molar-refractivity contribution is -0.137. The number of benzene rings is 4. The lowest BCUT2D eigenvalue weighted by Gasteiger charge is -2.40. The first kappa shape index (κ1) is 26.4. The summed E-state index contributed by atoms with van der Waals surface area (Å²) < 4.78 is 52.3. The van der Waals surface area contributed by atoms with Crippen molar-refractivity contribution in [3.8, 4) is 11.5 Å². The maximum absolute atomic E-state index is 14.5. The van der Waals surface area contributed by atoms with Crippen molar-refractivity contribution in [1.82, 2.24) is 4.90 Å². The molecule has 0 fully saturated rings. The van der Waals surface area contributed by atoms with Gasteiger partial charge in [-0.05, 0) is 58.5 Å². The topological polar surface area (TPSA) is 38.8 Å². The van der Waals surface area contributed by atoms with Crippen molar-refractivity contribution in [2.75, 3.05) is 20.8 Å². The van der Waals surface area contributed by atoms with Gasteiger partial charge in [0.2, 0.25) is 5.91 Å². The van der Waals surface area contributed by atoms with Gasteiger partial charge in [0.25, 0.3) is 0 Å². The van der Waals surface area contributed by atoms with Crippen molar-refractivity contribution >= 4 is 5.91 Å². The van der Waals surface area contributed by atoms with E-state index in [0.29, 0.717) is 35.6 Å². The van der Waals surface area contributed by atoms with E-state index in [1.54, 1.807) is 17.0 Å². The molecule has 1 aliphatic rings. The van der Waals surface area contributed by atoms with Crippen LogP contribution >= 0.6 is 0 Å². The third kappa shape index (κ3) is 5.21. The highest BCUT2D eigenvalue weighted by atomic mass is 19.4. The van der Waals surface area contributed by atoms with Gasteiger partial charge in [-0.25, -0.2) is 0 Å². The van der Waals surface area contributed by atoms with E-state index in [1.165, 1.54) is 20.3 Å². The molecule has 39 heavy (non-hydrogen) atoms. The van der Waals surface area contributed by atoms with Gasteiger partial charge in [0.1, 0.15) is 0 Å². The molecular formula is C32H28F3NO3. The molecule has 0 unspecified atom stereocenters. The van der Waals surface area contributed by atoms with Crippen LogP contribution in [0.5, 0.6) is 11.5 Å². The fourth-order valence-electron chi connectivity index (χ4n) is 5.36. The summed E-state index contributed by atoms with van der Waals surface area (Å²) in [6, 6.07) is 27.0. The van der Waals surface area contributed by atoms with Gasteiger partial charge in [0.05, 0.1) is 31.7 Å². The van der Waals surface area contributed by atoms with Crippen LogP contribution in [0.25, 0.3) is 0 Å². The van der Waals surface area contributed by atoms with E-state index >= 15 is 0 Å². The van der Waals surface area contributed by atoms with Gasteiger partial charge in [-0.15, -0.1) is 0 Å². The summed E-state index contributed by atoms with van der Waals surface area (Å²) in [5.74, 6) is 0.174. The average molecular weight is 532 g/mol. The minimum atomic E-state index is -4.52. The highest BCUT2D eigenvalue weighted by Gasteiger charge is 2.39. The lowest BCUT2D eigenvalue weighted by atomic mass is 9.84. The summed E-state index contributed by atoms with van der Waals surface area (Å²) in [6.07, 6.45) is -4.00. The van der Waals surface area contributed by atoms with Gasteiger partial charge in [-0.3, -0.25) is 4.79 Å². The fourth-order valence-corrected chi connectivity index (χ4v) is 5.36. The van der Waals surface area contributed by atoms with Gasteiger partial charge >= 0.3 is 6.18 Å². The van der Waals surface area contributed by atoms with Crippen molar-refractivity contribution in [2.45, 2.75) is 24.6 Å². The largest absolute Gasteiger partial charge is 0.493 e. The summed E-state index contributed by atoms with van der Waals surface area (Å²) in [6.45, 7) is 0.332. The third-order valence-corrected chi connectivity index (χ3v) is 7.20. The van der Waals surface area contributed by atoms with E-state index in [4.69, 9.17) is 9.47 Å². The zero-order chi connectivity index (χ0) is 27.6. The Morgan fingerprint density at radius 2 is 1.41 bits per heavy atom. The predicted molar refractivity (Wildman–Crippen MR) is 143 cm³/mol. The first-order valence-corrected chi connectivity index (χ1v) is 12.6. The molecule has 200 valence electrons. The quantitative estimate of drug-likeness (QED) is 0.268. The number of carbonyl (C=O) groups is 1. The van der Waals surface area contributed by atoms with Gasteiger partial charge in [0, 0.05) is 6.54 Å². The number of hydrogen-bond acceptors (Lipinski definition) is 3. The molecule has 4 nitrogen and oxygen atoms in total. The van der Waals surface area contributed by atoms with Crippen LogP contribution in [0, 0.1) is 0 Å². The Morgan fingerprint density at radius 3 is 1.97 bits per heavy atom. The number of halogens is 3. The van der Waals surface area contributed by atoms with Gasteiger partial charge in [0.15, 0.2) is 11.5 Å². The van der Waals surface area contributed by atoms with Crippen LogP contribution in [0.1, 0.15) is 45.3 Å². The van der Waals surface area contributed by atoms with E-state index < -0.39 is 23.7 Å². The Labute approximate surface area is 225 Å². The molecule has 7 heteroatoms. The summed E-state index contributed by atoms with van der Waals surface area (Å²) in [4.78, 5) is 16.2. The van der Waals surface area contributed by atoms with Gasteiger partial charge in [-0.1, -0.05) is 72.8 Å². The third-order valence-electron chi connectivity index (χ3n) is 7.20. The standard InChI is InChI=1S/C32H28F3NO3/c1-38-27-19-23-16-17-36(31(37)29(21-10-5-3-6-11-21)22-12-7-4-8-13-22)30(26(23)20-28(27)39-2)24-14-9-15-25(18-24)32(33,34)35/h3-15,18-20,29-30H,16-17H2,1-2H3/t30-/m0/s1. The van der Waals surface area contributed by atoms with Crippen molar-refractivity contribution in [2.24, 2.45) is 0 Å². The first-order chi connectivity index (χ1) is 18.8. The van der Waals surface area contributed by atoms with Crippen molar-refractivity contribution < 1.29 is 27.4 Å². The molecule has 0 saturated carbocycles. The molecule has 0 aliphatic carbocycles. The molecule has 4 aromatic carbocycles. The Balaban J connectivity index is 1.68. The fraction of sp³-hybridized carbons (Fsp3) is 0.219. The van der Waals surface area contributed by atoms with E-state index in [1.807, 2.05) is 66.7 Å². The molecule has 1 amide bonds. The molecule has 5 rings (SSSR count). The zero-order valence-corrected chi connectivity index (χ0v) is 21.6. The number of hydrogen-bond donors (Lipinski definition) is 0. The Kier molecular flexibility index (Phi) is 7.33. The molecule has 0 saturated heterocycles. The molecule has 0 radical (unpaired) electrons. The Morgan fingerprint density at radius 1 is 0.821 bits per heavy atom. The lowest BCUT2D eigenvalue weighted by Crippen LogP contribution is -2.43. The molecule has 0 N–H and O–H groups in total. The number of amides is 1. The molecule has 1 heterocycles. The smallest absolute Gasteiger partial charge is 0.416 e. The molecule has 4 aromatic rings. The summed E-state index contributed by atoms with van der Waals surface area (Å²) in [5.41, 5.74) is 2.86. The first-order valence-electron chi connectivity index (χ1n) is 12.6. The summed E-state index contributed by atoms with van der Waals surface area (Å²) >= 11 is 0. The number of carbonyl (C=O) groups excluding carboxylic acids is 1. The average Bonchev–Trinajstić information content (AvgIpc) is 2.96. The number of ether oxygens (including phenoxy) is 2. The van der Waals surface area contributed by atoms with Crippen molar-refractivity contribution in [3.63, 3.8) is 0 Å². The molecule has 0 spiro atoms. The van der Waals surface area contributed by atoms with Crippen molar-refractivity contribution in [1.29, 1.82) is 0 Å². The molecular weight excluding hydrogens is 503 g/mol. The highest BCUT2D eigenvalue weighted by Crippen LogP contribution is 2.43. The van der Waals surface area contributed by atoms with Crippen LogP contribution < -0.4 is 9.47 Å². The van der Waals surface area contributed by atoms with E-state index in [9.17, 15) is 18.0 Å². The van der Waals surface area contributed by atoms with Crippen LogP contribution in [0.3, 0.4) is 0 Å².